The monoisotopic (exact) mass is 450 g/mol. The quantitative estimate of drug-likeness (QED) is 0.712. The van der Waals surface area contributed by atoms with E-state index in [1.165, 1.54) is 4.68 Å². The Labute approximate surface area is 135 Å². The third-order valence-electron chi connectivity index (χ3n) is 2.33. The fourth-order valence-electron chi connectivity index (χ4n) is 1.39. The van der Waals surface area contributed by atoms with Gasteiger partial charge in [0, 0.05) is 4.47 Å². The number of aromatic nitrogens is 2. The molecule has 0 amide bonds. The van der Waals surface area contributed by atoms with Crippen LogP contribution in [0.15, 0.2) is 48.7 Å². The van der Waals surface area contributed by atoms with Crippen molar-refractivity contribution >= 4 is 47.8 Å². The molecule has 0 atom stereocenters. The second-order valence-corrected chi connectivity index (χ2v) is 6.20. The van der Waals surface area contributed by atoms with Crippen LogP contribution in [0.1, 0.15) is 0 Å². The summed E-state index contributed by atoms with van der Waals surface area (Å²) in [5.74, 6) is 0.757. The first kappa shape index (κ1) is 14.7. The van der Waals surface area contributed by atoms with E-state index in [9.17, 15) is 4.79 Å². The van der Waals surface area contributed by atoms with Crippen LogP contribution in [-0.2, 0) is 6.54 Å². The smallest absolute Gasteiger partial charge is 0.282 e. The first-order chi connectivity index (χ1) is 9.08. The third-order valence-corrected chi connectivity index (χ3v) is 4.76. The van der Waals surface area contributed by atoms with E-state index >= 15 is 0 Å². The van der Waals surface area contributed by atoms with E-state index in [0.717, 1.165) is 10.2 Å². The van der Waals surface area contributed by atoms with E-state index < -0.39 is 0 Å². The molecule has 7 heteroatoms. The zero-order valence-electron chi connectivity index (χ0n) is 9.65. The molecule has 0 radical (unpaired) electrons. The Morgan fingerprint density at radius 1 is 1.16 bits per heavy atom. The molecule has 0 unspecified atom stereocenters. The average Bonchev–Trinajstić information content (AvgIpc) is 2.41. The van der Waals surface area contributed by atoms with Crippen molar-refractivity contribution in [2.24, 2.45) is 0 Å². The van der Waals surface area contributed by atoms with E-state index in [4.69, 9.17) is 4.74 Å². The highest BCUT2D eigenvalue weighted by atomic mass is 79.9. The zero-order chi connectivity index (χ0) is 13.8. The molecule has 19 heavy (non-hydrogen) atoms. The lowest BCUT2D eigenvalue weighted by molar-refractivity contribution is 0.287. The van der Waals surface area contributed by atoms with Crippen molar-refractivity contribution in [3.05, 3.63) is 54.2 Å². The van der Waals surface area contributed by atoms with Gasteiger partial charge >= 0.3 is 0 Å². The highest BCUT2D eigenvalue weighted by Gasteiger charge is 2.06. The minimum atomic E-state index is -0.186. The van der Waals surface area contributed by atoms with Gasteiger partial charge in [0.25, 0.3) is 5.56 Å². The predicted molar refractivity (Wildman–Crippen MR) is 83.5 cm³/mol. The molecule has 0 N–H and O–H groups in total. The number of halogens is 3. The molecule has 100 valence electrons. The van der Waals surface area contributed by atoms with Crippen molar-refractivity contribution in [3.63, 3.8) is 0 Å². The van der Waals surface area contributed by atoms with Crippen molar-refractivity contribution < 1.29 is 4.74 Å². The normalized spacial score (nSPS) is 10.5. The molecule has 0 saturated carbocycles. The number of rotatable bonds is 4. The van der Waals surface area contributed by atoms with E-state index in [1.807, 2.05) is 24.3 Å². The summed E-state index contributed by atoms with van der Waals surface area (Å²) in [6.07, 6.45) is 1.57. The predicted octanol–water partition coefficient (Wildman–Crippen LogP) is 3.61. The molecule has 0 aliphatic rings. The summed E-state index contributed by atoms with van der Waals surface area (Å²) >= 11 is 9.80. The Balaban J connectivity index is 1.98. The molecule has 2 rings (SSSR count). The summed E-state index contributed by atoms with van der Waals surface area (Å²) in [5, 5.41) is 4.02. The van der Waals surface area contributed by atoms with Crippen LogP contribution in [0, 0.1) is 0 Å². The second-order valence-electron chi connectivity index (χ2n) is 3.64. The molecule has 0 aliphatic carbocycles. The highest BCUT2D eigenvalue weighted by Crippen LogP contribution is 2.17. The lowest BCUT2D eigenvalue weighted by Crippen LogP contribution is -2.26. The highest BCUT2D eigenvalue weighted by molar-refractivity contribution is 9.13. The molecule has 4 nitrogen and oxygen atoms in total. The van der Waals surface area contributed by atoms with E-state index in [1.54, 1.807) is 6.20 Å². The molecule has 2 aromatic rings. The van der Waals surface area contributed by atoms with E-state index in [-0.39, 0.29) is 5.56 Å². The fourth-order valence-corrected chi connectivity index (χ4v) is 2.22. The van der Waals surface area contributed by atoms with Gasteiger partial charge in [-0.3, -0.25) is 4.79 Å². The largest absolute Gasteiger partial charge is 0.492 e. The number of nitrogens with zero attached hydrogens (tertiary/aromatic N) is 2. The molecule has 0 fully saturated rings. The fraction of sp³-hybridized carbons (Fsp3) is 0.167. The molecular weight excluding hydrogens is 444 g/mol. The van der Waals surface area contributed by atoms with Crippen molar-refractivity contribution in [1.82, 2.24) is 9.78 Å². The van der Waals surface area contributed by atoms with Crippen LogP contribution in [0.2, 0.25) is 0 Å². The zero-order valence-corrected chi connectivity index (χ0v) is 14.4. The Morgan fingerprint density at radius 2 is 1.84 bits per heavy atom. The van der Waals surface area contributed by atoms with Crippen molar-refractivity contribution in [1.29, 1.82) is 0 Å². The summed E-state index contributed by atoms with van der Waals surface area (Å²) in [4.78, 5) is 11.8. The van der Waals surface area contributed by atoms with Gasteiger partial charge in [0.15, 0.2) is 0 Å². The first-order valence-corrected chi connectivity index (χ1v) is 7.75. The Hall–Kier alpha value is -0.660. The molecule has 1 aromatic carbocycles. The molecule has 0 spiro atoms. The SMILES string of the molecule is O=c1c(Br)c(Br)cnn1CCOc1ccc(Br)cc1. The van der Waals surface area contributed by atoms with Crippen LogP contribution in [0.25, 0.3) is 0 Å². The lowest BCUT2D eigenvalue weighted by atomic mass is 10.3. The lowest BCUT2D eigenvalue weighted by Gasteiger charge is -2.08. The molecule has 0 bridgehead atoms. The van der Waals surface area contributed by atoms with Gasteiger partial charge < -0.3 is 4.74 Å². The summed E-state index contributed by atoms with van der Waals surface area (Å²) in [5.41, 5.74) is -0.186. The number of hydrogen-bond acceptors (Lipinski definition) is 3. The molecule has 1 aromatic heterocycles. The van der Waals surface area contributed by atoms with Gasteiger partial charge in [-0.1, -0.05) is 15.9 Å². The second kappa shape index (κ2) is 6.67. The summed E-state index contributed by atoms with van der Waals surface area (Å²) in [6, 6.07) is 7.52. The average molecular weight is 453 g/mol. The summed E-state index contributed by atoms with van der Waals surface area (Å²) in [6.45, 7) is 0.767. The third kappa shape index (κ3) is 3.90. The number of benzene rings is 1. The minimum Gasteiger partial charge on any atom is -0.492 e. The van der Waals surface area contributed by atoms with Crippen molar-refractivity contribution in [2.45, 2.75) is 6.54 Å². The van der Waals surface area contributed by atoms with Crippen molar-refractivity contribution in [3.8, 4) is 5.75 Å². The minimum absolute atomic E-state index is 0.186. The molecule has 1 heterocycles. The summed E-state index contributed by atoms with van der Waals surface area (Å²) in [7, 11) is 0. The first-order valence-electron chi connectivity index (χ1n) is 5.37. The molecular formula is C12H9Br3N2O2. The summed E-state index contributed by atoms with van der Waals surface area (Å²) < 4.78 is 9.00. The van der Waals surface area contributed by atoms with Gasteiger partial charge in [0.2, 0.25) is 0 Å². The van der Waals surface area contributed by atoms with Crippen LogP contribution >= 0.6 is 47.8 Å². The van der Waals surface area contributed by atoms with Gasteiger partial charge in [-0.2, -0.15) is 5.10 Å². The maximum Gasteiger partial charge on any atom is 0.282 e. The van der Waals surface area contributed by atoms with Gasteiger partial charge in [-0.25, -0.2) is 4.68 Å². The number of ether oxygens (including phenoxy) is 1. The van der Waals surface area contributed by atoms with Crippen LogP contribution in [-0.4, -0.2) is 16.4 Å². The van der Waals surface area contributed by atoms with Crippen LogP contribution in [0.4, 0.5) is 0 Å². The van der Waals surface area contributed by atoms with Gasteiger partial charge in [-0.15, -0.1) is 0 Å². The Morgan fingerprint density at radius 3 is 2.53 bits per heavy atom. The maximum absolute atomic E-state index is 11.8. The standard InChI is InChI=1S/C12H9Br3N2O2/c13-8-1-3-9(4-2-8)19-6-5-17-12(18)11(15)10(14)7-16-17/h1-4,7H,5-6H2. The Kier molecular flexibility index (Phi) is 5.18. The number of hydrogen-bond donors (Lipinski definition) is 0. The molecule has 0 saturated heterocycles. The van der Waals surface area contributed by atoms with Crippen LogP contribution in [0.5, 0.6) is 5.75 Å². The van der Waals surface area contributed by atoms with E-state index in [2.05, 4.69) is 52.9 Å². The van der Waals surface area contributed by atoms with Crippen LogP contribution < -0.4 is 10.3 Å². The topological polar surface area (TPSA) is 44.1 Å². The van der Waals surface area contributed by atoms with Gasteiger partial charge in [0.05, 0.1) is 17.2 Å². The van der Waals surface area contributed by atoms with Gasteiger partial charge in [0.1, 0.15) is 16.8 Å². The maximum atomic E-state index is 11.8. The Bertz CT molecular complexity index is 626. The van der Waals surface area contributed by atoms with Gasteiger partial charge in [-0.05, 0) is 56.1 Å². The molecule has 0 aliphatic heterocycles. The van der Waals surface area contributed by atoms with Crippen LogP contribution in [0.3, 0.4) is 0 Å². The van der Waals surface area contributed by atoms with Crippen molar-refractivity contribution in [2.75, 3.05) is 6.61 Å². The van der Waals surface area contributed by atoms with E-state index in [0.29, 0.717) is 22.1 Å².